The Hall–Kier alpha value is -1.20. The lowest BCUT2D eigenvalue weighted by molar-refractivity contribution is 0.415. The van der Waals surface area contributed by atoms with E-state index in [1.807, 2.05) is 18.2 Å². The molecule has 2 N–H and O–H groups in total. The predicted molar refractivity (Wildman–Crippen MR) is 53.4 cm³/mol. The number of aliphatic imine (C=N–C) groups is 1. The van der Waals surface area contributed by atoms with E-state index < -0.39 is 0 Å². The van der Waals surface area contributed by atoms with Gasteiger partial charge < -0.3 is 4.74 Å². The van der Waals surface area contributed by atoms with Gasteiger partial charge in [0.1, 0.15) is 11.4 Å². The molecule has 4 nitrogen and oxygen atoms in total. The summed E-state index contributed by atoms with van der Waals surface area (Å²) in [5, 5.41) is 0. The minimum absolute atomic E-state index is 0.390. The average molecular weight is 195 g/mol. The molecule has 0 aromatic heterocycles. The molecule has 2 rings (SSSR count). The molecule has 0 spiro atoms. The van der Waals surface area contributed by atoms with Gasteiger partial charge in [0.15, 0.2) is 0 Å². The summed E-state index contributed by atoms with van der Waals surface area (Å²) >= 11 is 0. The topological polar surface area (TPSA) is 60.0 Å². The summed E-state index contributed by atoms with van der Waals surface area (Å²) in [6.07, 6.45) is 0. The fourth-order valence-corrected chi connectivity index (χ4v) is 2.26. The number of nitrogens with zero attached hydrogens (tertiary/aromatic N) is 2. The number of hydrogen-bond donors (Lipinski definition) is 1. The van der Waals surface area contributed by atoms with Crippen molar-refractivity contribution >= 4 is 21.9 Å². The molecule has 5 heteroatoms. The van der Waals surface area contributed by atoms with Gasteiger partial charge in [-0.1, -0.05) is 6.07 Å². The molecular formula is C8H9N3OS. The molecule has 0 aliphatic carbocycles. The van der Waals surface area contributed by atoms with Crippen LogP contribution in [0.3, 0.4) is 0 Å². The van der Waals surface area contributed by atoms with Crippen LogP contribution in [0.25, 0.3) is 0 Å². The summed E-state index contributed by atoms with van der Waals surface area (Å²) in [7, 11) is 1.24. The highest BCUT2D eigenvalue weighted by Gasteiger charge is 2.15. The maximum absolute atomic E-state index is 5.25. The number of methoxy groups -OCH3 is 1. The third kappa shape index (κ3) is 1.26. The molecule has 1 aliphatic heterocycles. The first-order valence-electron chi connectivity index (χ1n) is 3.72. The second-order valence-electron chi connectivity index (χ2n) is 2.46. The van der Waals surface area contributed by atoms with E-state index in [4.69, 9.17) is 10.6 Å². The van der Waals surface area contributed by atoms with E-state index in [2.05, 4.69) is 9.46 Å². The summed E-state index contributed by atoms with van der Waals surface area (Å²) in [6, 6.07) is 5.75. The number of para-hydroxylation sites is 1. The van der Waals surface area contributed by atoms with E-state index in [1.54, 1.807) is 12.7 Å². The summed E-state index contributed by atoms with van der Waals surface area (Å²) in [5.41, 5.74) is 2.59. The van der Waals surface area contributed by atoms with Gasteiger partial charge in [-0.2, -0.15) is 4.47 Å². The third-order valence-electron chi connectivity index (χ3n) is 1.80. The number of benzene rings is 1. The van der Waals surface area contributed by atoms with Gasteiger partial charge in [-0.3, -0.25) is 0 Å². The third-order valence-corrected chi connectivity index (χ3v) is 3.11. The van der Waals surface area contributed by atoms with Crippen LogP contribution in [-0.2, 0) is 10.7 Å². The Bertz CT molecular complexity index is 400. The maximum Gasteiger partial charge on any atom is 0.145 e. The number of hydrogen-bond acceptors (Lipinski definition) is 3. The van der Waals surface area contributed by atoms with Crippen molar-refractivity contribution < 1.29 is 4.74 Å². The van der Waals surface area contributed by atoms with Gasteiger partial charge in [0.05, 0.1) is 17.6 Å². The van der Waals surface area contributed by atoms with Crippen molar-refractivity contribution in [2.24, 2.45) is 15.3 Å². The molecule has 13 heavy (non-hydrogen) atoms. The van der Waals surface area contributed by atoms with Crippen molar-refractivity contribution in [1.82, 2.24) is 0 Å². The van der Waals surface area contributed by atoms with E-state index in [-0.39, 0.29) is 10.7 Å². The Labute approximate surface area is 78.5 Å². The Kier molecular flexibility index (Phi) is 2.12. The zero-order valence-corrected chi connectivity index (χ0v) is 7.91. The molecule has 0 radical (unpaired) electrons. The van der Waals surface area contributed by atoms with Crippen LogP contribution < -0.4 is 10.6 Å². The largest absolute Gasteiger partial charge is 0.494 e. The lowest BCUT2D eigenvalue weighted by Gasteiger charge is -2.03. The summed E-state index contributed by atoms with van der Waals surface area (Å²) in [4.78, 5) is 5.24. The second kappa shape index (κ2) is 3.27. The molecule has 1 unspecified atom stereocenters. The molecule has 1 aliphatic rings. The van der Waals surface area contributed by atoms with Crippen molar-refractivity contribution in [3.63, 3.8) is 0 Å². The van der Waals surface area contributed by atoms with Gasteiger partial charge >= 0.3 is 0 Å². The van der Waals surface area contributed by atoms with E-state index in [1.165, 1.54) is 0 Å². The fourth-order valence-electron chi connectivity index (χ4n) is 1.21. The van der Waals surface area contributed by atoms with Crippen molar-refractivity contribution in [1.29, 1.82) is 0 Å². The van der Waals surface area contributed by atoms with Crippen LogP contribution in [-0.4, -0.2) is 12.7 Å². The number of rotatable bonds is 1. The van der Waals surface area contributed by atoms with Crippen LogP contribution in [0.15, 0.2) is 32.6 Å². The van der Waals surface area contributed by atoms with Crippen LogP contribution in [0.2, 0.25) is 0 Å². The van der Waals surface area contributed by atoms with Gasteiger partial charge in [-0.05, 0) is 22.8 Å². The standard InChI is InChI=1S/C8H9N3OS/c1-12-6-3-2-4-7-8(6)10-5-13(7)11-9/h2-5H,9H2,1H3. The normalized spacial score (nSPS) is 19.1. The maximum atomic E-state index is 5.25. The molecule has 0 saturated heterocycles. The van der Waals surface area contributed by atoms with Crippen LogP contribution in [0.1, 0.15) is 0 Å². The van der Waals surface area contributed by atoms with Gasteiger partial charge in [-0.25, -0.2) is 10.8 Å². The fraction of sp³-hybridized carbons (Fsp3) is 0.125. The van der Waals surface area contributed by atoms with Crippen LogP contribution in [0.4, 0.5) is 5.69 Å². The SMILES string of the molecule is COc1cccc2c1N=CS2=NN. The minimum atomic E-state index is -0.390. The van der Waals surface area contributed by atoms with Crippen molar-refractivity contribution in [2.45, 2.75) is 4.90 Å². The van der Waals surface area contributed by atoms with E-state index in [0.717, 1.165) is 16.3 Å². The van der Waals surface area contributed by atoms with Crippen LogP contribution >= 0.6 is 0 Å². The molecule has 1 aromatic rings. The quantitative estimate of drug-likeness (QED) is 0.544. The zero-order chi connectivity index (χ0) is 9.26. The predicted octanol–water partition coefficient (Wildman–Crippen LogP) is 1.40. The van der Waals surface area contributed by atoms with Crippen LogP contribution in [0, 0.1) is 0 Å². The Balaban J connectivity index is 2.61. The lowest BCUT2D eigenvalue weighted by atomic mass is 10.3. The van der Waals surface area contributed by atoms with Crippen molar-refractivity contribution in [3.05, 3.63) is 18.2 Å². The van der Waals surface area contributed by atoms with Crippen LogP contribution in [0.5, 0.6) is 5.75 Å². The highest BCUT2D eigenvalue weighted by molar-refractivity contribution is 8.01. The first-order valence-corrected chi connectivity index (χ1v) is 4.96. The molecule has 1 heterocycles. The number of nitrogens with two attached hydrogens (primary N) is 1. The second-order valence-corrected chi connectivity index (χ2v) is 3.95. The Morgan fingerprint density at radius 3 is 3.08 bits per heavy atom. The highest BCUT2D eigenvalue weighted by atomic mass is 32.2. The summed E-state index contributed by atoms with van der Waals surface area (Å²) < 4.78 is 8.89. The van der Waals surface area contributed by atoms with Gasteiger partial charge in [0.25, 0.3) is 0 Å². The zero-order valence-electron chi connectivity index (χ0n) is 7.10. The molecule has 0 bridgehead atoms. The van der Waals surface area contributed by atoms with Crippen molar-refractivity contribution in [3.8, 4) is 5.75 Å². The highest BCUT2D eigenvalue weighted by Crippen LogP contribution is 2.36. The molecule has 68 valence electrons. The van der Waals surface area contributed by atoms with E-state index in [9.17, 15) is 0 Å². The van der Waals surface area contributed by atoms with Gasteiger partial charge in [0, 0.05) is 0 Å². The monoisotopic (exact) mass is 195 g/mol. The number of fused-ring (bicyclic) bond motifs is 1. The minimum Gasteiger partial charge on any atom is -0.494 e. The molecule has 1 aromatic carbocycles. The smallest absolute Gasteiger partial charge is 0.145 e. The summed E-state index contributed by atoms with van der Waals surface area (Å²) in [6.45, 7) is 0. The molecular weight excluding hydrogens is 186 g/mol. The lowest BCUT2D eigenvalue weighted by Crippen LogP contribution is -1.92. The average Bonchev–Trinajstić information content (AvgIpc) is 2.60. The first kappa shape index (κ1) is 8.40. The molecule has 0 amide bonds. The van der Waals surface area contributed by atoms with E-state index in [0.29, 0.717) is 0 Å². The van der Waals surface area contributed by atoms with Gasteiger partial charge in [0.2, 0.25) is 0 Å². The number of ether oxygens (including phenoxy) is 1. The van der Waals surface area contributed by atoms with Crippen molar-refractivity contribution in [2.75, 3.05) is 7.11 Å². The van der Waals surface area contributed by atoms with Gasteiger partial charge in [-0.15, -0.1) is 0 Å². The molecule has 0 saturated carbocycles. The first-order chi connectivity index (χ1) is 6.36. The van der Waals surface area contributed by atoms with E-state index >= 15 is 0 Å². The molecule has 0 fully saturated rings. The molecule has 1 atom stereocenters. The Morgan fingerprint density at radius 2 is 2.38 bits per heavy atom. The Morgan fingerprint density at radius 1 is 1.54 bits per heavy atom. The summed E-state index contributed by atoms with van der Waals surface area (Å²) in [5.74, 6) is 6.02.